The molecule has 0 bridgehead atoms. The van der Waals surface area contributed by atoms with Crippen LogP contribution in [0.4, 0.5) is 25.8 Å². The van der Waals surface area contributed by atoms with Gasteiger partial charge in [-0.05, 0) is 51.2 Å². The number of aldehydes is 1. The molecule has 0 amide bonds. The van der Waals surface area contributed by atoms with E-state index in [1.165, 1.54) is 18.3 Å². The van der Waals surface area contributed by atoms with E-state index >= 15 is 0 Å². The van der Waals surface area contributed by atoms with Crippen LogP contribution in [0.5, 0.6) is 5.75 Å². The van der Waals surface area contributed by atoms with E-state index in [-0.39, 0.29) is 18.1 Å². The molecular formula is C28H37F2N7O2. The number of allylic oxidation sites excluding steroid dienone is 1. The third-order valence-electron chi connectivity index (χ3n) is 5.57. The van der Waals surface area contributed by atoms with Crippen molar-refractivity contribution >= 4 is 35.9 Å². The Bertz CT molecular complexity index is 1230. The summed E-state index contributed by atoms with van der Waals surface area (Å²) in [7, 11) is 11.3. The van der Waals surface area contributed by atoms with E-state index in [1.54, 1.807) is 26.1 Å². The quantitative estimate of drug-likeness (QED) is 0.123. The third-order valence-corrected chi connectivity index (χ3v) is 5.57. The Balaban J connectivity index is 2.26. The van der Waals surface area contributed by atoms with Gasteiger partial charge < -0.3 is 30.1 Å². The Labute approximate surface area is 229 Å². The molecule has 0 spiro atoms. The summed E-state index contributed by atoms with van der Waals surface area (Å²) in [5.74, 6) is -0.398. The molecule has 2 aromatic carbocycles. The molecule has 2 N–H and O–H groups in total. The highest BCUT2D eigenvalue weighted by molar-refractivity contribution is 6.02. The van der Waals surface area contributed by atoms with E-state index in [1.807, 2.05) is 39.3 Å². The number of nitrogens with zero attached hydrogens (tertiary/aromatic N) is 5. The lowest BCUT2D eigenvalue weighted by atomic mass is 10.2. The minimum Gasteiger partial charge on any atom is -0.495 e. The molecule has 0 saturated carbocycles. The smallest absolute Gasteiger partial charge is 0.166 e. The van der Waals surface area contributed by atoms with Crippen LogP contribution in [0.1, 0.15) is 0 Å². The number of hydrogen-bond donors (Lipinski definition) is 2. The number of carbonyl (C=O) groups excluding carboxylic acids is 1. The molecule has 9 nitrogen and oxygen atoms in total. The maximum Gasteiger partial charge on any atom is 0.166 e. The molecule has 0 unspecified atom stereocenters. The molecule has 0 saturated heterocycles. The van der Waals surface area contributed by atoms with Crippen molar-refractivity contribution < 1.29 is 18.3 Å². The van der Waals surface area contributed by atoms with Gasteiger partial charge in [-0.2, -0.15) is 0 Å². The monoisotopic (exact) mass is 541 g/mol. The van der Waals surface area contributed by atoms with Crippen molar-refractivity contribution in [2.45, 2.75) is 0 Å². The van der Waals surface area contributed by atoms with Crippen LogP contribution in [0.2, 0.25) is 0 Å². The van der Waals surface area contributed by atoms with Crippen molar-refractivity contribution in [1.82, 2.24) is 9.80 Å². The minimum atomic E-state index is -0.829. The van der Waals surface area contributed by atoms with Crippen LogP contribution in [-0.4, -0.2) is 90.7 Å². The fraction of sp³-hybridized carbons (Fsp3) is 0.321. The Morgan fingerprint density at radius 2 is 1.77 bits per heavy atom. The van der Waals surface area contributed by atoms with E-state index < -0.39 is 11.6 Å². The molecule has 0 aliphatic carbocycles. The van der Waals surface area contributed by atoms with E-state index in [4.69, 9.17) is 4.74 Å². The summed E-state index contributed by atoms with van der Waals surface area (Å²) in [5.41, 5.74) is 2.20. The lowest BCUT2D eigenvalue weighted by Gasteiger charge is -2.23. The zero-order chi connectivity index (χ0) is 28.9. The number of methoxy groups -OCH3 is 1. The molecule has 2 aromatic rings. The molecule has 0 aliphatic heterocycles. The van der Waals surface area contributed by atoms with Crippen molar-refractivity contribution in [3.63, 3.8) is 0 Å². The second-order valence-electron chi connectivity index (χ2n) is 9.05. The molecule has 0 atom stereocenters. The molecule has 210 valence electrons. The molecule has 2 rings (SSSR count). The summed E-state index contributed by atoms with van der Waals surface area (Å²) < 4.78 is 32.9. The number of nitrogens with one attached hydrogen (secondary N) is 2. The van der Waals surface area contributed by atoms with E-state index in [0.29, 0.717) is 23.4 Å². The molecule has 0 heterocycles. The van der Waals surface area contributed by atoms with Crippen LogP contribution in [0, 0.1) is 11.6 Å². The molecule has 0 fully saturated rings. The zero-order valence-electron chi connectivity index (χ0n) is 23.3. The third kappa shape index (κ3) is 9.53. The number of carbonyl (C=O) groups is 1. The number of aliphatic imine (C=N–C) groups is 2. The van der Waals surface area contributed by atoms with Crippen LogP contribution in [0.3, 0.4) is 0 Å². The first kappa shape index (κ1) is 31.0. The van der Waals surface area contributed by atoms with Gasteiger partial charge in [-0.15, -0.1) is 0 Å². The van der Waals surface area contributed by atoms with Gasteiger partial charge in [-0.25, -0.2) is 13.8 Å². The van der Waals surface area contributed by atoms with Crippen LogP contribution in [-0.2, 0) is 4.79 Å². The average Bonchev–Trinajstić information content (AvgIpc) is 2.90. The predicted octanol–water partition coefficient (Wildman–Crippen LogP) is 4.08. The van der Waals surface area contributed by atoms with Gasteiger partial charge >= 0.3 is 0 Å². The summed E-state index contributed by atoms with van der Waals surface area (Å²) >= 11 is 0. The molecule has 0 aromatic heterocycles. The first-order chi connectivity index (χ1) is 18.6. The van der Waals surface area contributed by atoms with Gasteiger partial charge in [0.2, 0.25) is 0 Å². The van der Waals surface area contributed by atoms with Gasteiger partial charge in [0.05, 0.1) is 24.2 Å². The van der Waals surface area contributed by atoms with Crippen molar-refractivity contribution in [2.24, 2.45) is 9.98 Å². The topological polar surface area (TPSA) is 84.8 Å². The SMILES string of the molecule is C=N/C=C(/C=C(\C=O)Nc1ccc(F)cc1F)C(=NCNc1ccc(N(C)CCN(C)C)cc1OC)N(C)C. The Morgan fingerprint density at radius 1 is 1.05 bits per heavy atom. The summed E-state index contributed by atoms with van der Waals surface area (Å²) in [6, 6.07) is 8.93. The lowest BCUT2D eigenvalue weighted by Crippen LogP contribution is -2.28. The van der Waals surface area contributed by atoms with Crippen LogP contribution in [0.25, 0.3) is 0 Å². The Morgan fingerprint density at radius 3 is 2.36 bits per heavy atom. The van der Waals surface area contributed by atoms with E-state index in [2.05, 4.69) is 37.1 Å². The van der Waals surface area contributed by atoms with Gasteiger partial charge in [0, 0.05) is 63.8 Å². The number of likely N-dealkylation sites (N-methyl/N-ethyl adjacent to an activating group) is 3. The number of ether oxygens (including phenoxy) is 1. The highest BCUT2D eigenvalue weighted by Crippen LogP contribution is 2.29. The van der Waals surface area contributed by atoms with E-state index in [9.17, 15) is 13.6 Å². The predicted molar refractivity (Wildman–Crippen MR) is 156 cm³/mol. The van der Waals surface area contributed by atoms with Gasteiger partial charge in [0.1, 0.15) is 29.9 Å². The van der Waals surface area contributed by atoms with Crippen molar-refractivity contribution in [3.8, 4) is 5.75 Å². The van der Waals surface area contributed by atoms with Gasteiger partial charge in [0.25, 0.3) is 0 Å². The Hall–Kier alpha value is -4.25. The first-order valence-corrected chi connectivity index (χ1v) is 12.1. The van der Waals surface area contributed by atoms with Gasteiger partial charge in [0.15, 0.2) is 6.29 Å². The second-order valence-corrected chi connectivity index (χ2v) is 9.05. The minimum absolute atomic E-state index is 0.0218. The van der Waals surface area contributed by atoms with Crippen molar-refractivity contribution in [1.29, 1.82) is 0 Å². The van der Waals surface area contributed by atoms with E-state index in [0.717, 1.165) is 36.6 Å². The normalized spacial score (nSPS) is 12.3. The lowest BCUT2D eigenvalue weighted by molar-refractivity contribution is -0.104. The molecule has 11 heteroatoms. The standard InChI is InChI=1S/C28H37F2N7O2/c1-31-17-20(14-22(18-38)34-25-10-8-21(29)15-24(25)30)28(36(4)5)33-19-32-26-11-9-23(16-27(26)39-7)37(6)13-12-35(2)3/h8-11,14-18,32,34H,1,12-13,19H2,2-7H3/b20-17-,22-14+,33-28?. The number of benzene rings is 2. The summed E-state index contributed by atoms with van der Waals surface area (Å²) in [6.07, 6.45) is 3.42. The fourth-order valence-corrected chi connectivity index (χ4v) is 3.50. The molecule has 0 radical (unpaired) electrons. The highest BCUT2D eigenvalue weighted by atomic mass is 19.1. The second kappa shape index (κ2) is 15.2. The number of amidine groups is 1. The number of rotatable bonds is 14. The van der Waals surface area contributed by atoms with Crippen LogP contribution >= 0.6 is 0 Å². The zero-order valence-corrected chi connectivity index (χ0v) is 23.3. The Kier molecular flexibility index (Phi) is 12.1. The molecular weight excluding hydrogens is 504 g/mol. The van der Waals surface area contributed by atoms with Gasteiger partial charge in [-0.1, -0.05) is 0 Å². The molecule has 39 heavy (non-hydrogen) atoms. The van der Waals surface area contributed by atoms with Crippen LogP contribution in [0.15, 0.2) is 69.9 Å². The molecule has 0 aliphatic rings. The first-order valence-electron chi connectivity index (χ1n) is 12.1. The number of anilines is 3. The van der Waals surface area contributed by atoms with Crippen LogP contribution < -0.4 is 20.3 Å². The van der Waals surface area contributed by atoms with Crippen molar-refractivity contribution in [2.75, 3.05) is 77.6 Å². The van der Waals surface area contributed by atoms with Crippen molar-refractivity contribution in [3.05, 3.63) is 71.6 Å². The summed E-state index contributed by atoms with van der Waals surface area (Å²) in [4.78, 5) is 26.2. The largest absolute Gasteiger partial charge is 0.495 e. The number of hydrogen-bond acceptors (Lipinski definition) is 8. The highest BCUT2D eigenvalue weighted by Gasteiger charge is 2.12. The summed E-state index contributed by atoms with van der Waals surface area (Å²) in [5, 5.41) is 5.92. The maximum atomic E-state index is 14.1. The maximum absolute atomic E-state index is 14.1. The summed E-state index contributed by atoms with van der Waals surface area (Å²) in [6.45, 7) is 5.47. The average molecular weight is 542 g/mol. The number of halogens is 2. The van der Waals surface area contributed by atoms with Gasteiger partial charge in [-0.3, -0.25) is 9.79 Å². The fourth-order valence-electron chi connectivity index (χ4n) is 3.50.